The number of carboxylic acids is 1. The maximum atomic E-state index is 13.7. The summed E-state index contributed by atoms with van der Waals surface area (Å²) in [6.45, 7) is 11.9. The standard InChI is InChI=1S/C26H30ClN3O4Si/c1-26(2,3)35(4,5)34-16-17-8-6-10-19(14-17)29-13-12-21-22(25(32)33)28-30(23(21)24(29)31)20-11-7-9-18(27)15-20/h6-11,14-15H,12-13,16H2,1-5H3,(H,32,33)/q-1. The van der Waals surface area contributed by atoms with Crippen LogP contribution >= 0.6 is 11.6 Å². The summed E-state index contributed by atoms with van der Waals surface area (Å²) in [6.07, 6.45) is 0.383. The molecule has 2 heterocycles. The van der Waals surface area contributed by atoms with E-state index in [2.05, 4.69) is 39.0 Å². The molecule has 1 N–H and O–H groups in total. The first-order chi connectivity index (χ1) is 16.4. The van der Waals surface area contributed by atoms with Gasteiger partial charge in [0, 0.05) is 29.4 Å². The predicted octanol–water partition coefficient (Wildman–Crippen LogP) is 5.95. The Balaban J connectivity index is 1.67. The number of amides is 1. The van der Waals surface area contributed by atoms with Crippen molar-refractivity contribution in [1.29, 1.82) is 0 Å². The summed E-state index contributed by atoms with van der Waals surface area (Å²) >= 11 is 6.15. The van der Waals surface area contributed by atoms with Crippen molar-refractivity contribution in [1.82, 2.24) is 9.78 Å². The zero-order chi connectivity index (χ0) is 25.5. The van der Waals surface area contributed by atoms with Crippen LogP contribution in [0.25, 0.3) is 5.69 Å². The van der Waals surface area contributed by atoms with E-state index in [0.717, 1.165) is 11.3 Å². The first kappa shape index (κ1) is 25.2. The summed E-state index contributed by atoms with van der Waals surface area (Å²) < 4.78 is 7.76. The summed E-state index contributed by atoms with van der Waals surface area (Å²) in [4.78, 5) is 27.3. The summed E-state index contributed by atoms with van der Waals surface area (Å²) in [7, 11) is -1.92. The maximum absolute atomic E-state index is 13.7. The van der Waals surface area contributed by atoms with Gasteiger partial charge in [-0.3, -0.25) is 4.79 Å². The molecule has 185 valence electrons. The number of fused-ring (bicyclic) bond motifs is 1. The Kier molecular flexibility index (Phi) is 6.65. The van der Waals surface area contributed by atoms with Gasteiger partial charge < -0.3 is 14.4 Å². The number of anilines is 1. The molecule has 1 aliphatic heterocycles. The molecule has 0 aliphatic carbocycles. The molecular weight excluding hydrogens is 482 g/mol. The number of carbonyl (C=O) groups is 2. The second-order valence-electron chi connectivity index (χ2n) is 10.3. The van der Waals surface area contributed by atoms with Gasteiger partial charge in [-0.25, -0.2) is 9.48 Å². The van der Waals surface area contributed by atoms with Crippen LogP contribution in [-0.4, -0.2) is 41.6 Å². The summed E-state index contributed by atoms with van der Waals surface area (Å²) in [5, 5.41) is 14.6. The van der Waals surface area contributed by atoms with E-state index in [9.17, 15) is 14.7 Å². The molecule has 9 heteroatoms. The predicted molar refractivity (Wildman–Crippen MR) is 139 cm³/mol. The third-order valence-electron chi connectivity index (χ3n) is 6.90. The van der Waals surface area contributed by atoms with Crippen molar-refractivity contribution in [2.75, 3.05) is 11.4 Å². The Bertz CT molecular complexity index is 1300. The van der Waals surface area contributed by atoms with Crippen LogP contribution in [0.4, 0.5) is 5.69 Å². The van der Waals surface area contributed by atoms with Crippen LogP contribution in [0, 0.1) is 0 Å². The number of halogens is 1. The van der Waals surface area contributed by atoms with Crippen molar-refractivity contribution in [3.63, 3.8) is 0 Å². The van der Waals surface area contributed by atoms with Gasteiger partial charge in [0.05, 0.1) is 5.69 Å². The SMILES string of the molecule is CC(C)(C)[Si-](C)(C)OCc1cccc(N2CCc3c(C(=O)O)nn(-c4cccc(Cl)c4)c3C2=O)c1. The molecular formula is C26H30ClN3O4Si-. The zero-order valence-corrected chi connectivity index (χ0v) is 22.4. The first-order valence-electron chi connectivity index (χ1n) is 11.5. The molecule has 0 atom stereocenters. The average Bonchev–Trinajstić information content (AvgIpc) is 3.18. The molecule has 0 unspecified atom stereocenters. The fourth-order valence-electron chi connectivity index (χ4n) is 3.87. The Morgan fingerprint density at radius 3 is 2.49 bits per heavy atom. The minimum Gasteiger partial charge on any atom is -0.561 e. The third-order valence-corrected chi connectivity index (χ3v) is 11.6. The lowest BCUT2D eigenvalue weighted by Crippen LogP contribution is -2.40. The van der Waals surface area contributed by atoms with Crippen LogP contribution in [0.5, 0.6) is 0 Å². The van der Waals surface area contributed by atoms with E-state index in [-0.39, 0.29) is 22.3 Å². The molecule has 3 aromatic rings. The topological polar surface area (TPSA) is 84.7 Å². The average molecular weight is 512 g/mol. The van der Waals surface area contributed by atoms with E-state index in [0.29, 0.717) is 35.8 Å². The van der Waals surface area contributed by atoms with E-state index in [1.54, 1.807) is 29.2 Å². The number of carboxylic acid groups (broad SMARTS) is 1. The van der Waals surface area contributed by atoms with Gasteiger partial charge >= 0.3 is 5.97 Å². The second-order valence-corrected chi connectivity index (χ2v) is 15.5. The molecule has 0 spiro atoms. The van der Waals surface area contributed by atoms with Crippen LogP contribution in [0.15, 0.2) is 48.5 Å². The monoisotopic (exact) mass is 511 g/mol. The molecule has 0 radical (unpaired) electrons. The Labute approximate surface area is 211 Å². The molecule has 1 amide bonds. The highest BCUT2D eigenvalue weighted by atomic mass is 35.5. The molecule has 35 heavy (non-hydrogen) atoms. The number of hydrogen-bond donors (Lipinski definition) is 1. The lowest BCUT2D eigenvalue weighted by Gasteiger charge is -2.48. The van der Waals surface area contributed by atoms with Gasteiger partial charge in [-0.05, 0) is 50.6 Å². The van der Waals surface area contributed by atoms with Crippen molar-refractivity contribution < 1.29 is 19.1 Å². The zero-order valence-electron chi connectivity index (χ0n) is 20.6. The second kappa shape index (κ2) is 9.26. The summed E-state index contributed by atoms with van der Waals surface area (Å²) in [6, 6.07) is 14.6. The van der Waals surface area contributed by atoms with Crippen LogP contribution in [-0.2, 0) is 17.5 Å². The minimum atomic E-state index is -1.92. The fraction of sp³-hybridized carbons (Fsp3) is 0.346. The minimum absolute atomic E-state index is 0.102. The van der Waals surface area contributed by atoms with Crippen molar-refractivity contribution in [2.24, 2.45) is 0 Å². The van der Waals surface area contributed by atoms with Crippen LogP contribution in [0.2, 0.25) is 23.2 Å². The number of nitrogens with zero attached hydrogens (tertiary/aromatic N) is 3. The number of carbonyl (C=O) groups excluding carboxylic acids is 1. The molecule has 0 saturated carbocycles. The quantitative estimate of drug-likeness (QED) is 0.413. The maximum Gasteiger partial charge on any atom is 0.356 e. The van der Waals surface area contributed by atoms with Crippen molar-refractivity contribution >= 4 is 37.5 Å². The fourth-order valence-corrected chi connectivity index (χ4v) is 5.01. The van der Waals surface area contributed by atoms with Gasteiger partial charge in [0.1, 0.15) is 5.69 Å². The molecule has 0 fully saturated rings. The van der Waals surface area contributed by atoms with Gasteiger partial charge in [-0.1, -0.05) is 50.6 Å². The van der Waals surface area contributed by atoms with Crippen LogP contribution < -0.4 is 4.90 Å². The number of hydrogen-bond acceptors (Lipinski definition) is 4. The molecule has 1 aromatic heterocycles. The Morgan fingerprint density at radius 2 is 1.83 bits per heavy atom. The van der Waals surface area contributed by atoms with E-state index >= 15 is 0 Å². The molecule has 4 rings (SSSR count). The summed E-state index contributed by atoms with van der Waals surface area (Å²) in [5.74, 6) is -1.46. The van der Waals surface area contributed by atoms with E-state index in [4.69, 9.17) is 16.0 Å². The lowest BCUT2D eigenvalue weighted by atomic mass is 10.0. The highest BCUT2D eigenvalue weighted by Gasteiger charge is 2.35. The van der Waals surface area contributed by atoms with E-state index in [1.165, 1.54) is 4.68 Å². The Hall–Kier alpha value is -2.94. The van der Waals surface area contributed by atoms with Gasteiger partial charge in [0.15, 0.2) is 5.69 Å². The number of aromatic carboxylic acids is 1. The Morgan fingerprint density at radius 1 is 1.14 bits per heavy atom. The van der Waals surface area contributed by atoms with Gasteiger partial charge in [-0.2, -0.15) is 5.10 Å². The van der Waals surface area contributed by atoms with Crippen molar-refractivity contribution in [3.8, 4) is 5.69 Å². The molecule has 0 bridgehead atoms. The highest BCUT2D eigenvalue weighted by molar-refractivity contribution is 6.74. The number of benzene rings is 2. The summed E-state index contributed by atoms with van der Waals surface area (Å²) in [5.41, 5.74) is 2.85. The van der Waals surface area contributed by atoms with E-state index in [1.807, 2.05) is 24.3 Å². The molecule has 7 nitrogen and oxygen atoms in total. The smallest absolute Gasteiger partial charge is 0.356 e. The van der Waals surface area contributed by atoms with Gasteiger partial charge in [0.25, 0.3) is 5.91 Å². The van der Waals surface area contributed by atoms with Gasteiger partial charge in [0.2, 0.25) is 0 Å². The first-order valence-corrected chi connectivity index (χ1v) is 14.8. The highest BCUT2D eigenvalue weighted by Crippen LogP contribution is 2.37. The number of rotatable bonds is 6. The number of aromatic nitrogens is 2. The molecule has 0 saturated heterocycles. The largest absolute Gasteiger partial charge is 0.561 e. The van der Waals surface area contributed by atoms with Crippen molar-refractivity contribution in [3.05, 3.63) is 76.1 Å². The van der Waals surface area contributed by atoms with Crippen LogP contribution in [0.3, 0.4) is 0 Å². The molecule has 1 aliphatic rings. The van der Waals surface area contributed by atoms with Crippen molar-refractivity contribution in [2.45, 2.75) is 51.9 Å². The van der Waals surface area contributed by atoms with E-state index < -0.39 is 14.3 Å². The third kappa shape index (κ3) is 4.91. The van der Waals surface area contributed by atoms with Crippen LogP contribution in [0.1, 0.15) is 52.9 Å². The lowest BCUT2D eigenvalue weighted by molar-refractivity contribution is 0.0688. The normalized spacial score (nSPS) is 14.2. The van der Waals surface area contributed by atoms with Gasteiger partial charge in [-0.15, -0.1) is 18.1 Å². The molecule has 2 aromatic carbocycles.